The number of pyridine rings is 1. The van der Waals surface area contributed by atoms with Gasteiger partial charge in [-0.05, 0) is 52.4 Å². The molecule has 3 N–H and O–H groups in total. The Labute approximate surface area is 261 Å². The lowest BCUT2D eigenvalue weighted by molar-refractivity contribution is -0.245. The number of carboxylic acids is 1. The lowest BCUT2D eigenvalue weighted by Gasteiger charge is -2.36. The Morgan fingerprint density at radius 2 is 1.66 bits per heavy atom. The van der Waals surface area contributed by atoms with Gasteiger partial charge in [0.25, 0.3) is 0 Å². The first-order valence-corrected chi connectivity index (χ1v) is 15.7. The Hall–Kier alpha value is -4.02. The molecule has 4 aromatic rings. The monoisotopic (exact) mass is 612 g/mol. The summed E-state index contributed by atoms with van der Waals surface area (Å²) in [5, 5.41) is 22.0. The molecule has 0 unspecified atom stereocenters. The van der Waals surface area contributed by atoms with Crippen LogP contribution in [-0.2, 0) is 32.2 Å². The number of amides is 1. The molecule has 3 atom stereocenters. The molecule has 0 saturated carbocycles. The molecule has 3 aromatic carbocycles. The Morgan fingerprint density at radius 3 is 2.39 bits per heavy atom. The summed E-state index contributed by atoms with van der Waals surface area (Å²) in [6, 6.07) is 29.9. The van der Waals surface area contributed by atoms with Crippen molar-refractivity contribution in [2.24, 2.45) is 0 Å². The molecule has 2 heterocycles. The van der Waals surface area contributed by atoms with Crippen LogP contribution in [0.1, 0.15) is 60.3 Å². The maximum absolute atomic E-state index is 12.1. The van der Waals surface area contributed by atoms with Crippen LogP contribution in [0.4, 0.5) is 0 Å². The zero-order valence-corrected chi connectivity index (χ0v) is 25.1. The number of aliphatic carboxylic acids is 1. The lowest BCUT2D eigenvalue weighted by Crippen LogP contribution is -2.31. The van der Waals surface area contributed by atoms with Crippen LogP contribution < -0.4 is 5.32 Å². The number of benzene rings is 3. The Bertz CT molecular complexity index is 1510. The molecular formula is C35H36N2O6S. The number of nitrogens with one attached hydrogen (secondary N) is 1. The van der Waals surface area contributed by atoms with Crippen molar-refractivity contribution in [1.29, 1.82) is 0 Å². The number of hydrogen-bond donors (Lipinski definition) is 3. The number of hydrogen-bond acceptors (Lipinski definition) is 7. The number of carbonyl (C=O) groups is 2. The van der Waals surface area contributed by atoms with E-state index < -0.39 is 12.3 Å². The van der Waals surface area contributed by atoms with Crippen LogP contribution in [0.25, 0.3) is 11.1 Å². The molecule has 228 valence electrons. The highest BCUT2D eigenvalue weighted by atomic mass is 32.2. The molecule has 1 aliphatic rings. The molecule has 1 amide bonds. The number of aliphatic hydroxyl groups excluding tert-OH is 1. The van der Waals surface area contributed by atoms with Crippen molar-refractivity contribution >= 4 is 23.6 Å². The van der Waals surface area contributed by atoms with Crippen molar-refractivity contribution in [3.63, 3.8) is 0 Å². The largest absolute Gasteiger partial charge is 0.481 e. The third-order valence-corrected chi connectivity index (χ3v) is 8.47. The number of carboxylic acid groups (broad SMARTS) is 1. The van der Waals surface area contributed by atoms with Gasteiger partial charge in [-0.25, -0.2) is 4.98 Å². The van der Waals surface area contributed by atoms with Crippen molar-refractivity contribution in [2.45, 2.75) is 62.4 Å². The Kier molecular flexibility index (Phi) is 11.2. The highest BCUT2D eigenvalue weighted by Gasteiger charge is 2.32. The molecule has 1 saturated heterocycles. The maximum Gasteiger partial charge on any atom is 0.303 e. The summed E-state index contributed by atoms with van der Waals surface area (Å²) < 4.78 is 13.0. The summed E-state index contributed by atoms with van der Waals surface area (Å²) in [5.41, 5.74) is 5.83. The zero-order valence-electron chi connectivity index (χ0n) is 24.3. The lowest BCUT2D eigenvalue weighted by atomic mass is 9.99. The highest BCUT2D eigenvalue weighted by Crippen LogP contribution is 2.39. The Balaban J connectivity index is 1.26. The van der Waals surface area contributed by atoms with E-state index in [0.717, 1.165) is 44.2 Å². The van der Waals surface area contributed by atoms with E-state index in [-0.39, 0.29) is 37.6 Å². The van der Waals surface area contributed by atoms with Gasteiger partial charge in [-0.15, -0.1) is 11.8 Å². The van der Waals surface area contributed by atoms with Gasteiger partial charge in [0, 0.05) is 43.3 Å². The minimum Gasteiger partial charge on any atom is -0.481 e. The molecule has 0 aliphatic carbocycles. The first kappa shape index (κ1) is 31.4. The van der Waals surface area contributed by atoms with E-state index in [2.05, 4.69) is 10.3 Å². The number of ether oxygens (including phenoxy) is 2. The number of nitrogens with zero attached hydrogens (tertiary/aromatic N) is 1. The maximum atomic E-state index is 12.1. The van der Waals surface area contributed by atoms with Gasteiger partial charge in [0.1, 0.15) is 0 Å². The molecule has 1 aliphatic heterocycles. The summed E-state index contributed by atoms with van der Waals surface area (Å²) in [7, 11) is 0. The van der Waals surface area contributed by atoms with Crippen molar-refractivity contribution in [2.75, 3.05) is 5.75 Å². The zero-order chi connectivity index (χ0) is 30.7. The summed E-state index contributed by atoms with van der Waals surface area (Å²) in [6.07, 6.45) is 2.23. The van der Waals surface area contributed by atoms with Gasteiger partial charge < -0.3 is 25.0 Å². The molecule has 0 radical (unpaired) electrons. The van der Waals surface area contributed by atoms with Crippen LogP contribution in [-0.4, -0.2) is 38.9 Å². The van der Waals surface area contributed by atoms with Crippen molar-refractivity contribution in [3.8, 4) is 11.1 Å². The van der Waals surface area contributed by atoms with E-state index in [1.54, 1.807) is 18.0 Å². The molecule has 0 spiro atoms. The van der Waals surface area contributed by atoms with Gasteiger partial charge in [0.2, 0.25) is 5.91 Å². The predicted octanol–water partition coefficient (Wildman–Crippen LogP) is 6.45. The number of rotatable bonds is 13. The average molecular weight is 613 g/mol. The van der Waals surface area contributed by atoms with E-state index in [1.165, 1.54) is 0 Å². The van der Waals surface area contributed by atoms with Gasteiger partial charge >= 0.3 is 5.97 Å². The molecule has 5 rings (SSSR count). The van der Waals surface area contributed by atoms with Crippen molar-refractivity contribution in [1.82, 2.24) is 10.3 Å². The van der Waals surface area contributed by atoms with Gasteiger partial charge in [-0.1, -0.05) is 72.8 Å². The minimum atomic E-state index is -0.897. The Morgan fingerprint density at radius 1 is 0.864 bits per heavy atom. The molecule has 0 bridgehead atoms. The first-order valence-electron chi connectivity index (χ1n) is 14.7. The molecule has 1 fully saturated rings. The molecule has 9 heteroatoms. The van der Waals surface area contributed by atoms with Crippen LogP contribution in [0.2, 0.25) is 0 Å². The van der Waals surface area contributed by atoms with Gasteiger partial charge in [0.15, 0.2) is 6.29 Å². The number of aliphatic hydroxyl groups is 1. The normalized spacial score (nSPS) is 18.1. The third-order valence-electron chi connectivity index (χ3n) is 7.40. The average Bonchev–Trinajstić information content (AvgIpc) is 3.07. The molecule has 44 heavy (non-hydrogen) atoms. The SMILES string of the molecule is O=C(O)CCCC(=O)NCc1cccc(-c2ccc([C@H]3O[C@@H](CSc4ccccn4)C[C@@H](c4ccc(CO)cc4)O3)cc2)c1. The van der Waals surface area contributed by atoms with Gasteiger partial charge in [-0.2, -0.15) is 0 Å². The number of carbonyl (C=O) groups excluding carboxylic acids is 1. The van der Waals surface area contributed by atoms with Crippen molar-refractivity contribution < 1.29 is 29.3 Å². The first-order chi connectivity index (χ1) is 21.5. The minimum absolute atomic E-state index is 0.000624. The fourth-order valence-corrected chi connectivity index (χ4v) is 5.90. The van der Waals surface area contributed by atoms with E-state index in [1.807, 2.05) is 91.0 Å². The molecular weight excluding hydrogens is 576 g/mol. The summed E-state index contributed by atoms with van der Waals surface area (Å²) >= 11 is 1.66. The summed E-state index contributed by atoms with van der Waals surface area (Å²) in [6.45, 7) is 0.375. The predicted molar refractivity (Wildman–Crippen MR) is 169 cm³/mol. The summed E-state index contributed by atoms with van der Waals surface area (Å²) in [5.74, 6) is -0.318. The van der Waals surface area contributed by atoms with Crippen molar-refractivity contribution in [3.05, 3.63) is 119 Å². The smallest absolute Gasteiger partial charge is 0.303 e. The summed E-state index contributed by atoms with van der Waals surface area (Å²) in [4.78, 5) is 27.2. The van der Waals surface area contributed by atoms with Gasteiger partial charge in [0.05, 0.1) is 23.8 Å². The van der Waals surface area contributed by atoms with Crippen LogP contribution in [0.15, 0.2) is 102 Å². The van der Waals surface area contributed by atoms with E-state index >= 15 is 0 Å². The quantitative estimate of drug-likeness (QED) is 0.148. The second kappa shape index (κ2) is 15.6. The van der Waals surface area contributed by atoms with Crippen LogP contribution >= 0.6 is 11.8 Å². The highest BCUT2D eigenvalue weighted by molar-refractivity contribution is 7.99. The number of thioether (sulfide) groups is 1. The fraction of sp³-hybridized carbons (Fsp3) is 0.286. The van der Waals surface area contributed by atoms with Crippen LogP contribution in [0, 0.1) is 0 Å². The fourth-order valence-electron chi connectivity index (χ4n) is 5.02. The second-order valence-corrected chi connectivity index (χ2v) is 11.7. The molecule has 1 aromatic heterocycles. The topological polar surface area (TPSA) is 118 Å². The van der Waals surface area contributed by atoms with Crippen LogP contribution in [0.3, 0.4) is 0 Å². The third kappa shape index (κ3) is 9.00. The second-order valence-electron chi connectivity index (χ2n) is 10.7. The molecule has 8 nitrogen and oxygen atoms in total. The standard InChI is InChI=1S/C35H36N2O6S/c38-22-24-10-12-27(13-11-24)31-20-30(23-44-33-8-1-2-18-36-33)42-35(43-31)28-16-14-26(15-17-28)29-6-3-5-25(19-29)21-37-32(39)7-4-9-34(40)41/h1-3,5-6,8,10-19,30-31,35,38H,4,7,9,20-23H2,(H,37,39)(H,40,41)/t30-,31+,35+/m1/s1. The number of aromatic nitrogens is 1. The van der Waals surface area contributed by atoms with E-state index in [9.17, 15) is 14.7 Å². The van der Waals surface area contributed by atoms with Gasteiger partial charge in [-0.3, -0.25) is 9.59 Å². The van der Waals surface area contributed by atoms with E-state index in [4.69, 9.17) is 14.6 Å². The van der Waals surface area contributed by atoms with Crippen LogP contribution in [0.5, 0.6) is 0 Å². The van der Waals surface area contributed by atoms with E-state index in [0.29, 0.717) is 19.4 Å².